The number of nitrogens with one attached hydrogen (secondary N) is 1. The van der Waals surface area contributed by atoms with Crippen molar-refractivity contribution in [1.82, 2.24) is 10.2 Å². The first-order chi connectivity index (χ1) is 6.65. The van der Waals surface area contributed by atoms with Gasteiger partial charge >= 0.3 is 0 Å². The van der Waals surface area contributed by atoms with Gasteiger partial charge in [-0.05, 0) is 26.4 Å². The lowest BCUT2D eigenvalue weighted by Crippen LogP contribution is -2.35. The number of amides is 1. The summed E-state index contributed by atoms with van der Waals surface area (Å²) in [6, 6.07) is 0.504. The first-order valence-electron chi connectivity index (χ1n) is 5.26. The second-order valence-electron chi connectivity index (χ2n) is 3.54. The molecule has 3 N–H and O–H groups in total. The van der Waals surface area contributed by atoms with E-state index in [0.29, 0.717) is 19.0 Å². The van der Waals surface area contributed by atoms with Gasteiger partial charge in [-0.2, -0.15) is 0 Å². The van der Waals surface area contributed by atoms with Gasteiger partial charge < -0.3 is 16.0 Å². The molecular weight excluding hydrogens is 178 g/mol. The standard InChI is InChI=1S/C10H23N3O/c1-4-9(5-7-11)13(3)8-6-10(14)12-2/h9H,4-8,11H2,1-3H3,(H,12,14). The second-order valence-corrected chi connectivity index (χ2v) is 3.54. The molecule has 0 fully saturated rings. The number of nitrogens with two attached hydrogens (primary N) is 1. The highest BCUT2D eigenvalue weighted by atomic mass is 16.1. The quantitative estimate of drug-likeness (QED) is 0.618. The Balaban J connectivity index is 3.79. The highest BCUT2D eigenvalue weighted by Crippen LogP contribution is 2.05. The average Bonchev–Trinajstić information content (AvgIpc) is 2.21. The van der Waals surface area contributed by atoms with Gasteiger partial charge in [0.2, 0.25) is 5.91 Å². The van der Waals surface area contributed by atoms with Crippen molar-refractivity contribution in [2.75, 3.05) is 27.2 Å². The molecule has 1 amide bonds. The minimum Gasteiger partial charge on any atom is -0.359 e. The molecule has 0 aliphatic heterocycles. The zero-order valence-electron chi connectivity index (χ0n) is 9.55. The summed E-state index contributed by atoms with van der Waals surface area (Å²) < 4.78 is 0. The predicted molar refractivity (Wildman–Crippen MR) is 59.1 cm³/mol. The molecule has 0 radical (unpaired) electrons. The van der Waals surface area contributed by atoms with E-state index < -0.39 is 0 Å². The van der Waals surface area contributed by atoms with Gasteiger partial charge in [-0.3, -0.25) is 4.79 Å². The summed E-state index contributed by atoms with van der Waals surface area (Å²) in [6.07, 6.45) is 2.65. The predicted octanol–water partition coefficient (Wildman–Crippen LogP) is 0.182. The molecule has 1 unspecified atom stereocenters. The molecular formula is C10H23N3O. The summed E-state index contributed by atoms with van der Waals surface area (Å²) in [6.45, 7) is 3.66. The highest BCUT2D eigenvalue weighted by molar-refractivity contribution is 5.75. The van der Waals surface area contributed by atoms with Crippen molar-refractivity contribution in [3.63, 3.8) is 0 Å². The SMILES string of the molecule is CCC(CCN)N(C)CCC(=O)NC. The van der Waals surface area contributed by atoms with Crippen LogP contribution in [0.2, 0.25) is 0 Å². The smallest absolute Gasteiger partial charge is 0.221 e. The second kappa shape index (κ2) is 7.76. The Kier molecular flexibility index (Phi) is 7.42. The van der Waals surface area contributed by atoms with Gasteiger partial charge in [0.15, 0.2) is 0 Å². The molecule has 0 rings (SSSR count). The van der Waals surface area contributed by atoms with E-state index in [2.05, 4.69) is 17.1 Å². The molecule has 0 saturated carbocycles. The zero-order valence-corrected chi connectivity index (χ0v) is 9.55. The lowest BCUT2D eigenvalue weighted by Gasteiger charge is -2.26. The summed E-state index contributed by atoms with van der Waals surface area (Å²) in [5.41, 5.74) is 5.52. The highest BCUT2D eigenvalue weighted by Gasteiger charge is 2.12. The molecule has 0 aromatic heterocycles. The Bertz CT molecular complexity index is 161. The van der Waals surface area contributed by atoms with E-state index in [4.69, 9.17) is 5.73 Å². The van der Waals surface area contributed by atoms with E-state index in [1.54, 1.807) is 7.05 Å². The summed E-state index contributed by atoms with van der Waals surface area (Å²) in [5, 5.41) is 2.62. The lowest BCUT2D eigenvalue weighted by molar-refractivity contribution is -0.121. The fourth-order valence-electron chi connectivity index (χ4n) is 1.51. The van der Waals surface area contributed by atoms with Crippen molar-refractivity contribution in [3.8, 4) is 0 Å². The maximum absolute atomic E-state index is 11.0. The Hall–Kier alpha value is -0.610. The molecule has 1 atom stereocenters. The van der Waals surface area contributed by atoms with Crippen molar-refractivity contribution in [3.05, 3.63) is 0 Å². The van der Waals surface area contributed by atoms with E-state index in [-0.39, 0.29) is 5.91 Å². The van der Waals surface area contributed by atoms with E-state index in [0.717, 1.165) is 19.4 Å². The topological polar surface area (TPSA) is 58.4 Å². The minimum atomic E-state index is 0.0967. The van der Waals surface area contributed by atoms with Crippen LogP contribution in [0.3, 0.4) is 0 Å². The molecule has 0 aliphatic carbocycles. The van der Waals surface area contributed by atoms with Crippen LogP contribution in [-0.4, -0.2) is 44.0 Å². The average molecular weight is 201 g/mol. The maximum Gasteiger partial charge on any atom is 0.221 e. The third-order valence-corrected chi connectivity index (χ3v) is 2.56. The maximum atomic E-state index is 11.0. The van der Waals surface area contributed by atoms with Crippen molar-refractivity contribution in [2.45, 2.75) is 32.2 Å². The molecule has 0 saturated heterocycles. The van der Waals surface area contributed by atoms with Crippen LogP contribution in [0.25, 0.3) is 0 Å². The van der Waals surface area contributed by atoms with Crippen LogP contribution < -0.4 is 11.1 Å². The number of hydrogen-bond donors (Lipinski definition) is 2. The van der Waals surface area contributed by atoms with Crippen LogP contribution in [0, 0.1) is 0 Å². The minimum absolute atomic E-state index is 0.0967. The summed E-state index contributed by atoms with van der Waals surface area (Å²) in [7, 11) is 3.71. The van der Waals surface area contributed by atoms with Crippen molar-refractivity contribution >= 4 is 5.91 Å². The van der Waals surface area contributed by atoms with E-state index >= 15 is 0 Å². The fourth-order valence-corrected chi connectivity index (χ4v) is 1.51. The van der Waals surface area contributed by atoms with Crippen molar-refractivity contribution < 1.29 is 4.79 Å². The Morgan fingerprint density at radius 2 is 2.21 bits per heavy atom. The molecule has 0 aromatic rings. The Morgan fingerprint density at radius 3 is 2.64 bits per heavy atom. The lowest BCUT2D eigenvalue weighted by atomic mass is 10.1. The summed E-state index contributed by atoms with van der Waals surface area (Å²) in [4.78, 5) is 13.2. The van der Waals surface area contributed by atoms with Crippen molar-refractivity contribution in [1.29, 1.82) is 0 Å². The molecule has 0 bridgehead atoms. The third-order valence-electron chi connectivity index (χ3n) is 2.56. The Morgan fingerprint density at radius 1 is 1.57 bits per heavy atom. The summed E-state index contributed by atoms with van der Waals surface area (Å²) in [5.74, 6) is 0.0967. The van der Waals surface area contributed by atoms with Gasteiger partial charge in [-0.1, -0.05) is 6.92 Å². The number of hydrogen-bond acceptors (Lipinski definition) is 3. The molecule has 4 nitrogen and oxygen atoms in total. The van der Waals surface area contributed by atoms with Crippen LogP contribution in [0.15, 0.2) is 0 Å². The number of carbonyl (C=O) groups is 1. The van der Waals surface area contributed by atoms with Gasteiger partial charge in [-0.15, -0.1) is 0 Å². The monoisotopic (exact) mass is 201 g/mol. The van der Waals surface area contributed by atoms with Gasteiger partial charge in [0, 0.05) is 26.1 Å². The first kappa shape index (κ1) is 13.4. The van der Waals surface area contributed by atoms with E-state index in [1.165, 1.54) is 0 Å². The normalized spacial score (nSPS) is 12.9. The van der Waals surface area contributed by atoms with Gasteiger partial charge in [0.1, 0.15) is 0 Å². The molecule has 0 spiro atoms. The van der Waals surface area contributed by atoms with Crippen LogP contribution in [-0.2, 0) is 4.79 Å². The van der Waals surface area contributed by atoms with E-state index in [9.17, 15) is 4.79 Å². The fraction of sp³-hybridized carbons (Fsp3) is 0.900. The molecule has 0 heterocycles. The molecule has 4 heteroatoms. The molecule has 0 aliphatic rings. The van der Waals surface area contributed by atoms with Crippen molar-refractivity contribution in [2.24, 2.45) is 5.73 Å². The third kappa shape index (κ3) is 5.19. The van der Waals surface area contributed by atoms with Crippen LogP contribution in [0.5, 0.6) is 0 Å². The molecule has 14 heavy (non-hydrogen) atoms. The van der Waals surface area contributed by atoms with Gasteiger partial charge in [0.25, 0.3) is 0 Å². The number of carbonyl (C=O) groups excluding carboxylic acids is 1. The van der Waals surface area contributed by atoms with Crippen LogP contribution in [0.1, 0.15) is 26.2 Å². The molecule has 0 aromatic carbocycles. The Labute approximate surface area is 86.8 Å². The van der Waals surface area contributed by atoms with E-state index in [1.807, 2.05) is 7.05 Å². The number of rotatable bonds is 7. The van der Waals surface area contributed by atoms with Crippen LogP contribution in [0.4, 0.5) is 0 Å². The number of nitrogens with zero attached hydrogens (tertiary/aromatic N) is 1. The van der Waals surface area contributed by atoms with Gasteiger partial charge in [-0.25, -0.2) is 0 Å². The zero-order chi connectivity index (χ0) is 11.0. The van der Waals surface area contributed by atoms with Crippen LogP contribution >= 0.6 is 0 Å². The van der Waals surface area contributed by atoms with Gasteiger partial charge in [0.05, 0.1) is 0 Å². The molecule has 84 valence electrons. The largest absolute Gasteiger partial charge is 0.359 e. The first-order valence-corrected chi connectivity index (χ1v) is 5.26. The summed E-state index contributed by atoms with van der Waals surface area (Å²) >= 11 is 0.